The van der Waals surface area contributed by atoms with E-state index in [4.69, 9.17) is 0 Å². The first-order chi connectivity index (χ1) is 19.4. The summed E-state index contributed by atoms with van der Waals surface area (Å²) >= 11 is 2.39. The summed E-state index contributed by atoms with van der Waals surface area (Å²) < 4.78 is 78.8. The monoisotopic (exact) mass is 648 g/mol. The van der Waals surface area contributed by atoms with E-state index in [2.05, 4.69) is 5.32 Å². The summed E-state index contributed by atoms with van der Waals surface area (Å²) in [7, 11) is 0. The van der Waals surface area contributed by atoms with Crippen LogP contribution < -0.4 is 5.32 Å². The van der Waals surface area contributed by atoms with E-state index in [9.17, 15) is 31.1 Å². The third kappa shape index (κ3) is 6.90. The smallest absolute Gasteiger partial charge is 0.343 e. The Kier molecular flexibility index (Phi) is 10.2. The first-order valence-electron chi connectivity index (χ1n) is 13.6. The van der Waals surface area contributed by atoms with Crippen molar-refractivity contribution < 1.29 is 31.1 Å². The summed E-state index contributed by atoms with van der Waals surface area (Å²) in [5, 5.41) is 8.54. The van der Waals surface area contributed by atoms with Crippen LogP contribution >= 0.6 is 35.1 Å². The van der Waals surface area contributed by atoms with Gasteiger partial charge in [-0.2, -0.15) is 26.3 Å². The Morgan fingerprint density at radius 3 is 1.60 bits per heavy atom. The summed E-state index contributed by atoms with van der Waals surface area (Å²) in [5.41, 5.74) is 1.03. The van der Waals surface area contributed by atoms with Crippen LogP contribution in [0.3, 0.4) is 0 Å². The third-order valence-electron chi connectivity index (χ3n) is 8.03. The number of benzene rings is 2. The Balaban J connectivity index is 0.000000190. The molecule has 0 unspecified atom stereocenters. The Hall–Kier alpha value is -2.34. The number of hydrogen-bond acceptors (Lipinski definition) is 4. The topological polar surface area (TPSA) is 32.3 Å². The van der Waals surface area contributed by atoms with Crippen molar-refractivity contribution in [2.24, 2.45) is 0 Å². The summed E-state index contributed by atoms with van der Waals surface area (Å²) in [6, 6.07) is 8.90. The molecule has 2 aromatic heterocycles. The molecular weight excluding hydrogens is 618 g/mol. The third-order valence-corrected chi connectivity index (χ3v) is 10.1. The highest BCUT2D eigenvalue weighted by atomic mass is 35.5. The van der Waals surface area contributed by atoms with Crippen LogP contribution in [0, 0.1) is 0 Å². The minimum atomic E-state index is -4.32. The Bertz CT molecular complexity index is 1520. The van der Waals surface area contributed by atoms with Crippen molar-refractivity contribution in [1.82, 2.24) is 10.2 Å². The van der Waals surface area contributed by atoms with Gasteiger partial charge in [0, 0.05) is 29.4 Å². The number of thiophene rings is 2. The molecular formula is C30H31ClF6N2OS2. The molecule has 6 rings (SSSR count). The number of nitrogens with one attached hydrogen (secondary N) is 1. The van der Waals surface area contributed by atoms with Gasteiger partial charge in [0.15, 0.2) is 0 Å². The van der Waals surface area contributed by atoms with Gasteiger partial charge < -0.3 is 10.2 Å². The summed E-state index contributed by atoms with van der Waals surface area (Å²) in [6.07, 6.45) is -4.97. The summed E-state index contributed by atoms with van der Waals surface area (Å²) in [6.45, 7) is 4.80. The van der Waals surface area contributed by atoms with Gasteiger partial charge in [0.05, 0.1) is 11.1 Å². The number of piperidine rings is 2. The average Bonchev–Trinajstić information content (AvgIpc) is 3.57. The summed E-state index contributed by atoms with van der Waals surface area (Å²) in [5.74, 6) is 0.680. The predicted octanol–water partition coefficient (Wildman–Crippen LogP) is 9.45. The van der Waals surface area contributed by atoms with Gasteiger partial charge in [-0.25, -0.2) is 0 Å². The second kappa shape index (κ2) is 13.1. The molecule has 2 aliphatic rings. The molecule has 0 radical (unpaired) electrons. The van der Waals surface area contributed by atoms with E-state index in [1.54, 1.807) is 17.9 Å². The molecule has 12 heteroatoms. The fourth-order valence-corrected chi connectivity index (χ4v) is 8.25. The molecule has 1 N–H and O–H groups in total. The molecule has 0 aliphatic carbocycles. The zero-order valence-corrected chi connectivity index (χ0v) is 25.2. The van der Waals surface area contributed by atoms with Crippen LogP contribution in [0.15, 0.2) is 47.2 Å². The van der Waals surface area contributed by atoms with Crippen LogP contribution in [0.25, 0.3) is 20.2 Å². The van der Waals surface area contributed by atoms with E-state index in [1.807, 2.05) is 16.8 Å². The van der Waals surface area contributed by atoms with Gasteiger partial charge in [-0.05, 0) is 95.4 Å². The molecule has 0 atom stereocenters. The van der Waals surface area contributed by atoms with E-state index in [0.29, 0.717) is 33.8 Å². The zero-order chi connectivity index (χ0) is 29.4. The SMILES string of the molecule is CC(=O)N1CCC(c2csc3c(C(F)(F)F)cccc23)CC1.Cl.FC(F)(F)c1cccc2c(C3CCNCC3)csc12. The van der Waals surface area contributed by atoms with Crippen LogP contribution in [0.2, 0.25) is 0 Å². The number of alkyl halides is 6. The fraction of sp³-hybridized carbons (Fsp3) is 0.433. The van der Waals surface area contributed by atoms with Crippen molar-refractivity contribution in [2.75, 3.05) is 26.2 Å². The minimum absolute atomic E-state index is 0. The number of rotatable bonds is 2. The first kappa shape index (κ1) is 32.6. The van der Waals surface area contributed by atoms with Crippen LogP contribution in [0.1, 0.15) is 66.7 Å². The number of hydrogen-bond donors (Lipinski definition) is 1. The Morgan fingerprint density at radius 1 is 0.762 bits per heavy atom. The number of carbonyl (C=O) groups excluding carboxylic acids is 1. The predicted molar refractivity (Wildman–Crippen MR) is 160 cm³/mol. The molecule has 0 spiro atoms. The molecule has 42 heavy (non-hydrogen) atoms. The van der Waals surface area contributed by atoms with Crippen LogP contribution in [-0.4, -0.2) is 37.0 Å². The lowest BCUT2D eigenvalue weighted by Crippen LogP contribution is -2.36. The molecule has 3 nitrogen and oxygen atoms in total. The highest BCUT2D eigenvalue weighted by Crippen LogP contribution is 2.43. The lowest BCUT2D eigenvalue weighted by molar-refractivity contribution is -0.137. The number of fused-ring (bicyclic) bond motifs is 2. The molecule has 2 fully saturated rings. The van der Waals surface area contributed by atoms with Gasteiger partial charge in [0.2, 0.25) is 5.91 Å². The van der Waals surface area contributed by atoms with Gasteiger partial charge >= 0.3 is 12.4 Å². The van der Waals surface area contributed by atoms with Crippen molar-refractivity contribution in [3.05, 3.63) is 69.4 Å². The minimum Gasteiger partial charge on any atom is -0.343 e. The number of amides is 1. The van der Waals surface area contributed by atoms with Gasteiger partial charge in [-0.3, -0.25) is 4.79 Å². The first-order valence-corrected chi connectivity index (χ1v) is 15.3. The second-order valence-electron chi connectivity index (χ2n) is 10.5. The molecule has 2 aromatic carbocycles. The fourth-order valence-electron chi connectivity index (χ4n) is 5.87. The van der Waals surface area contributed by atoms with Crippen molar-refractivity contribution in [2.45, 2.75) is 56.8 Å². The van der Waals surface area contributed by atoms with E-state index >= 15 is 0 Å². The highest BCUT2D eigenvalue weighted by molar-refractivity contribution is 7.18. The maximum Gasteiger partial charge on any atom is 0.417 e. The van der Waals surface area contributed by atoms with Gasteiger partial charge in [0.1, 0.15) is 0 Å². The number of carbonyl (C=O) groups is 1. The largest absolute Gasteiger partial charge is 0.417 e. The van der Waals surface area contributed by atoms with Crippen molar-refractivity contribution >= 4 is 61.2 Å². The average molecular weight is 649 g/mol. The molecule has 1 amide bonds. The number of likely N-dealkylation sites (tertiary alicyclic amines) is 1. The van der Waals surface area contributed by atoms with E-state index in [1.165, 1.54) is 40.9 Å². The molecule has 4 heterocycles. The molecule has 2 aliphatic heterocycles. The van der Waals surface area contributed by atoms with E-state index in [0.717, 1.165) is 61.4 Å². The molecule has 4 aromatic rings. The van der Waals surface area contributed by atoms with Crippen molar-refractivity contribution in [1.29, 1.82) is 0 Å². The van der Waals surface area contributed by atoms with Crippen LogP contribution in [0.5, 0.6) is 0 Å². The lowest BCUT2D eigenvalue weighted by atomic mass is 9.89. The Labute approximate surface area is 254 Å². The molecule has 2 saturated heterocycles. The molecule has 0 bridgehead atoms. The molecule has 0 saturated carbocycles. The summed E-state index contributed by atoms with van der Waals surface area (Å²) in [4.78, 5) is 13.2. The zero-order valence-electron chi connectivity index (χ0n) is 22.8. The van der Waals surface area contributed by atoms with Crippen LogP contribution in [-0.2, 0) is 17.1 Å². The maximum atomic E-state index is 13.1. The normalized spacial score (nSPS) is 17.2. The highest BCUT2D eigenvalue weighted by Gasteiger charge is 2.35. The van der Waals surface area contributed by atoms with E-state index in [-0.39, 0.29) is 24.2 Å². The second-order valence-corrected chi connectivity index (χ2v) is 12.3. The van der Waals surface area contributed by atoms with Gasteiger partial charge in [-0.15, -0.1) is 35.1 Å². The number of halogens is 7. The quantitative estimate of drug-likeness (QED) is 0.220. The van der Waals surface area contributed by atoms with Gasteiger partial charge in [-0.1, -0.05) is 24.3 Å². The standard InChI is InChI=1S/C16H16F3NOS.C14H14F3NS.ClH/c1-10(21)20-7-5-11(6-8-20)13-9-22-15-12(13)3-2-4-14(15)16(17,18)19;15-14(16,17)12-3-1-2-10-11(8-19-13(10)12)9-4-6-18-7-5-9;/h2-4,9,11H,5-8H2,1H3;1-3,8-9,18H,4-7H2;1H. The van der Waals surface area contributed by atoms with E-state index < -0.39 is 23.5 Å². The van der Waals surface area contributed by atoms with Crippen LogP contribution in [0.4, 0.5) is 26.3 Å². The van der Waals surface area contributed by atoms with Crippen molar-refractivity contribution in [3.8, 4) is 0 Å². The van der Waals surface area contributed by atoms with Crippen molar-refractivity contribution in [3.63, 3.8) is 0 Å². The Morgan fingerprint density at radius 2 is 1.19 bits per heavy atom. The lowest BCUT2D eigenvalue weighted by Gasteiger charge is -2.31. The van der Waals surface area contributed by atoms with Gasteiger partial charge in [0.25, 0.3) is 0 Å². The number of nitrogens with zero attached hydrogens (tertiary/aromatic N) is 1. The molecule has 228 valence electrons. The maximum absolute atomic E-state index is 13.1.